The van der Waals surface area contributed by atoms with Crippen LogP contribution in [0.5, 0.6) is 0 Å². The molecule has 2 aromatic carbocycles. The molecule has 3 aromatic rings. The van der Waals surface area contributed by atoms with Crippen LogP contribution in [0.2, 0.25) is 5.82 Å². The zero-order valence-corrected chi connectivity index (χ0v) is 15.3. The number of benzene rings is 2. The van der Waals surface area contributed by atoms with E-state index in [1.165, 1.54) is 4.46 Å². The molecule has 0 N–H and O–H groups in total. The average Bonchev–Trinajstić information content (AvgIpc) is 2.53. The van der Waals surface area contributed by atoms with Crippen LogP contribution in [-0.4, -0.2) is 32.0 Å². The normalized spacial score (nSPS) is 10.3. The maximum Gasteiger partial charge on any atom is -0.147 e. The maximum atomic E-state index is 4.64. The Bertz CT molecular complexity index is 774. The van der Waals surface area contributed by atoms with E-state index < -0.39 is 0 Å². The van der Waals surface area contributed by atoms with Gasteiger partial charge in [0.1, 0.15) is 0 Å². The number of hydrogen-bond donors (Lipinski definition) is 0. The first-order valence-electron chi connectivity index (χ1n) is 6.80. The summed E-state index contributed by atoms with van der Waals surface area (Å²) >= 11 is 0.537. The molecule has 0 aliphatic heterocycles. The Hall–Kier alpha value is -1.61. The second-order valence-electron chi connectivity index (χ2n) is 4.87. The molecule has 22 heavy (non-hydrogen) atoms. The van der Waals surface area contributed by atoms with Gasteiger partial charge in [-0.1, -0.05) is 0 Å². The van der Waals surface area contributed by atoms with Gasteiger partial charge in [-0.25, -0.2) is 0 Å². The molecular formula is C17H18ClN3Se. The van der Waals surface area contributed by atoms with Crippen LogP contribution < -0.4 is 9.36 Å². The molecule has 0 fully saturated rings. The minimum Gasteiger partial charge on any atom is -0.147 e. The molecular weight excluding hydrogens is 361 g/mol. The largest absolute Gasteiger partial charge is 0.147 e. The molecule has 0 aliphatic carbocycles. The second kappa shape index (κ2) is 7.10. The number of anilines is 2. The maximum absolute atomic E-state index is 4.64. The minimum atomic E-state index is 0. The van der Waals surface area contributed by atoms with Crippen LogP contribution in [0.1, 0.15) is 5.82 Å². The molecule has 0 spiro atoms. The number of halogens is 1. The summed E-state index contributed by atoms with van der Waals surface area (Å²) in [6.45, 7) is 1.94. The molecule has 0 radical (unpaired) electrons. The van der Waals surface area contributed by atoms with E-state index in [-0.39, 0.29) is 12.4 Å². The Labute approximate surface area is 143 Å². The van der Waals surface area contributed by atoms with Crippen LogP contribution in [0.15, 0.2) is 48.5 Å². The molecule has 1 aromatic heterocycles. The van der Waals surface area contributed by atoms with E-state index in [1.807, 2.05) is 25.1 Å². The van der Waals surface area contributed by atoms with Crippen LogP contribution in [0.4, 0.5) is 11.5 Å². The Morgan fingerprint density at radius 3 is 2.32 bits per heavy atom. The molecule has 0 amide bonds. The quantitative estimate of drug-likeness (QED) is 0.653. The summed E-state index contributed by atoms with van der Waals surface area (Å²) in [6.07, 6.45) is 0. The van der Waals surface area contributed by atoms with E-state index in [1.54, 1.807) is 0 Å². The molecule has 0 atom stereocenters. The number of aryl methyl sites for hydroxylation is 1. The van der Waals surface area contributed by atoms with Crippen LogP contribution in [0, 0.1) is 6.92 Å². The van der Waals surface area contributed by atoms with Gasteiger partial charge in [-0.3, -0.25) is 0 Å². The van der Waals surface area contributed by atoms with Crippen molar-refractivity contribution in [1.82, 2.24) is 9.97 Å². The summed E-state index contributed by atoms with van der Waals surface area (Å²) in [5.41, 5.74) is 2.13. The summed E-state index contributed by atoms with van der Waals surface area (Å²) in [5.74, 6) is 3.98. The zero-order chi connectivity index (χ0) is 14.8. The van der Waals surface area contributed by atoms with Gasteiger partial charge in [0.25, 0.3) is 0 Å². The number of aromatic nitrogens is 2. The number of para-hydroxylation sites is 1. The van der Waals surface area contributed by atoms with E-state index in [0.29, 0.717) is 15.0 Å². The van der Waals surface area contributed by atoms with Crippen molar-refractivity contribution in [2.45, 2.75) is 12.7 Å². The number of nitrogens with zero attached hydrogens (tertiary/aromatic N) is 3. The Morgan fingerprint density at radius 1 is 0.955 bits per heavy atom. The van der Waals surface area contributed by atoms with Crippen LogP contribution >= 0.6 is 12.4 Å². The fourth-order valence-electron chi connectivity index (χ4n) is 2.36. The van der Waals surface area contributed by atoms with Crippen LogP contribution in [-0.2, 0) is 0 Å². The van der Waals surface area contributed by atoms with Gasteiger partial charge in [0, 0.05) is 0 Å². The van der Waals surface area contributed by atoms with Crippen molar-refractivity contribution in [3.05, 3.63) is 54.4 Å². The predicted octanol–water partition coefficient (Wildman–Crippen LogP) is 3.51. The SMILES string of the molecule is C[Se]c1ccc(N(C)c2nc(C)nc3ccccc23)cc1.Cl. The number of fused-ring (bicyclic) bond motifs is 1. The van der Waals surface area contributed by atoms with Gasteiger partial charge in [0.05, 0.1) is 0 Å². The van der Waals surface area contributed by atoms with Gasteiger partial charge < -0.3 is 0 Å². The van der Waals surface area contributed by atoms with Gasteiger partial charge in [0.15, 0.2) is 0 Å². The van der Waals surface area contributed by atoms with E-state index >= 15 is 0 Å². The average molecular weight is 379 g/mol. The minimum absolute atomic E-state index is 0. The van der Waals surface area contributed by atoms with Crippen molar-refractivity contribution >= 4 is 54.2 Å². The first-order valence-corrected chi connectivity index (χ1v) is 9.37. The molecule has 0 aliphatic rings. The van der Waals surface area contributed by atoms with Crippen LogP contribution in [0.25, 0.3) is 10.9 Å². The molecule has 0 bridgehead atoms. The summed E-state index contributed by atoms with van der Waals surface area (Å²) < 4.78 is 1.41. The number of hydrogen-bond acceptors (Lipinski definition) is 3. The topological polar surface area (TPSA) is 29.0 Å². The van der Waals surface area contributed by atoms with Crippen molar-refractivity contribution < 1.29 is 0 Å². The molecule has 3 nitrogen and oxygen atoms in total. The van der Waals surface area contributed by atoms with Gasteiger partial charge >= 0.3 is 131 Å². The Morgan fingerprint density at radius 2 is 1.64 bits per heavy atom. The number of rotatable bonds is 3. The second-order valence-corrected chi connectivity index (χ2v) is 6.71. The monoisotopic (exact) mass is 379 g/mol. The van der Waals surface area contributed by atoms with Crippen LogP contribution in [0.3, 0.4) is 0 Å². The summed E-state index contributed by atoms with van der Waals surface area (Å²) in [5, 5.41) is 1.08. The van der Waals surface area contributed by atoms with Gasteiger partial charge in [-0.2, -0.15) is 0 Å². The predicted molar refractivity (Wildman–Crippen MR) is 97.3 cm³/mol. The standard InChI is InChI=1S/C17H17N3Se.ClH/c1-12-18-16-7-5-4-6-15(16)17(19-12)20(2)13-8-10-14(21-3)11-9-13;/h4-11H,1-3H3;1H. The summed E-state index contributed by atoms with van der Waals surface area (Å²) in [6, 6.07) is 16.9. The van der Waals surface area contributed by atoms with Gasteiger partial charge in [-0.05, 0) is 0 Å². The fourth-order valence-corrected chi connectivity index (χ4v) is 3.21. The van der Waals surface area contributed by atoms with E-state index in [4.69, 9.17) is 0 Å². The van der Waals surface area contributed by atoms with E-state index in [9.17, 15) is 0 Å². The molecule has 5 heteroatoms. The van der Waals surface area contributed by atoms with Gasteiger partial charge in [-0.15, -0.1) is 12.4 Å². The van der Waals surface area contributed by atoms with E-state index in [2.05, 4.69) is 58.1 Å². The third-order valence-electron chi connectivity index (χ3n) is 3.47. The van der Waals surface area contributed by atoms with E-state index in [0.717, 1.165) is 28.2 Å². The first-order chi connectivity index (χ1) is 10.2. The van der Waals surface area contributed by atoms with Crippen molar-refractivity contribution in [3.8, 4) is 0 Å². The summed E-state index contributed by atoms with van der Waals surface area (Å²) in [4.78, 5) is 11.3. The van der Waals surface area contributed by atoms with Crippen molar-refractivity contribution in [2.75, 3.05) is 11.9 Å². The third-order valence-corrected chi connectivity index (χ3v) is 5.03. The zero-order valence-electron chi connectivity index (χ0n) is 12.8. The van der Waals surface area contributed by atoms with Crippen molar-refractivity contribution in [3.63, 3.8) is 0 Å². The first kappa shape index (κ1) is 16.8. The van der Waals surface area contributed by atoms with Crippen molar-refractivity contribution in [1.29, 1.82) is 0 Å². The Kier molecular flexibility index (Phi) is 5.41. The molecule has 3 rings (SSSR count). The molecule has 0 unspecified atom stereocenters. The third kappa shape index (κ3) is 3.25. The molecule has 1 heterocycles. The summed E-state index contributed by atoms with van der Waals surface area (Å²) in [7, 11) is 2.06. The fraction of sp³-hybridized carbons (Fsp3) is 0.176. The molecule has 0 saturated heterocycles. The smallest absolute Gasteiger partial charge is 0.147 e. The molecule has 0 saturated carbocycles. The van der Waals surface area contributed by atoms with Crippen molar-refractivity contribution in [2.24, 2.45) is 0 Å². The Balaban J connectivity index is 0.00000176. The van der Waals surface area contributed by atoms with Gasteiger partial charge in [0.2, 0.25) is 0 Å². The molecule has 114 valence electrons.